The second-order valence-electron chi connectivity index (χ2n) is 5.16. The number of ether oxygens (including phenoxy) is 1. The molecule has 0 heterocycles. The molecule has 1 N–H and O–H groups in total. The van der Waals surface area contributed by atoms with E-state index in [4.69, 9.17) is 4.74 Å². The van der Waals surface area contributed by atoms with Crippen molar-refractivity contribution in [3.8, 4) is 0 Å². The van der Waals surface area contributed by atoms with E-state index in [9.17, 15) is 0 Å². The molecule has 0 spiro atoms. The maximum atomic E-state index is 5.55. The van der Waals surface area contributed by atoms with Gasteiger partial charge in [-0.2, -0.15) is 0 Å². The van der Waals surface area contributed by atoms with Crippen molar-refractivity contribution in [1.29, 1.82) is 0 Å². The van der Waals surface area contributed by atoms with Gasteiger partial charge in [0.2, 0.25) is 0 Å². The number of benzene rings is 2. The van der Waals surface area contributed by atoms with Crippen molar-refractivity contribution < 1.29 is 4.74 Å². The lowest BCUT2D eigenvalue weighted by Crippen LogP contribution is -2.21. The summed E-state index contributed by atoms with van der Waals surface area (Å²) in [5.74, 6) is 0. The van der Waals surface area contributed by atoms with Gasteiger partial charge in [-0.05, 0) is 30.0 Å². The Morgan fingerprint density at radius 2 is 1.57 bits per heavy atom. The highest BCUT2D eigenvalue weighted by Gasteiger charge is 2.09. The van der Waals surface area contributed by atoms with Gasteiger partial charge < -0.3 is 10.1 Å². The zero-order valence-electron chi connectivity index (χ0n) is 13.0. The van der Waals surface area contributed by atoms with E-state index in [0.717, 1.165) is 19.6 Å². The van der Waals surface area contributed by atoms with Gasteiger partial charge in [0.05, 0.1) is 6.61 Å². The van der Waals surface area contributed by atoms with Gasteiger partial charge in [0.25, 0.3) is 0 Å². The zero-order chi connectivity index (χ0) is 14.9. The molecule has 0 aliphatic carbocycles. The topological polar surface area (TPSA) is 21.3 Å². The summed E-state index contributed by atoms with van der Waals surface area (Å²) in [4.78, 5) is 0. The first-order chi connectivity index (χ1) is 10.3. The average Bonchev–Trinajstić information content (AvgIpc) is 2.55. The van der Waals surface area contributed by atoms with Crippen molar-refractivity contribution in [3.63, 3.8) is 0 Å². The SMILES string of the molecule is CCOCc1ccccc1CNC(CC)c1ccccc1. The fraction of sp³-hybridized carbons (Fsp3) is 0.368. The lowest BCUT2D eigenvalue weighted by Gasteiger charge is -2.19. The highest BCUT2D eigenvalue weighted by atomic mass is 16.5. The van der Waals surface area contributed by atoms with E-state index in [1.807, 2.05) is 6.92 Å². The summed E-state index contributed by atoms with van der Waals surface area (Å²) < 4.78 is 5.55. The highest BCUT2D eigenvalue weighted by molar-refractivity contribution is 5.27. The smallest absolute Gasteiger partial charge is 0.0719 e. The molecule has 1 atom stereocenters. The monoisotopic (exact) mass is 283 g/mol. The first-order valence-corrected chi connectivity index (χ1v) is 7.78. The van der Waals surface area contributed by atoms with Gasteiger partial charge in [0, 0.05) is 19.2 Å². The molecule has 0 aliphatic heterocycles. The second-order valence-corrected chi connectivity index (χ2v) is 5.16. The van der Waals surface area contributed by atoms with E-state index in [1.54, 1.807) is 0 Å². The van der Waals surface area contributed by atoms with Gasteiger partial charge in [-0.15, -0.1) is 0 Å². The first kappa shape index (κ1) is 15.7. The summed E-state index contributed by atoms with van der Waals surface area (Å²) in [6.45, 7) is 6.57. The number of rotatable bonds is 8. The Hall–Kier alpha value is -1.64. The number of hydrogen-bond donors (Lipinski definition) is 1. The normalized spacial score (nSPS) is 12.3. The maximum Gasteiger partial charge on any atom is 0.0719 e. The Kier molecular flexibility index (Phi) is 6.45. The molecule has 2 rings (SSSR count). The molecule has 0 amide bonds. The van der Waals surface area contributed by atoms with E-state index in [2.05, 4.69) is 66.8 Å². The van der Waals surface area contributed by atoms with Crippen LogP contribution in [0, 0.1) is 0 Å². The van der Waals surface area contributed by atoms with Crippen LogP contribution in [-0.2, 0) is 17.9 Å². The van der Waals surface area contributed by atoms with E-state index in [-0.39, 0.29) is 0 Å². The standard InChI is InChI=1S/C19H25NO/c1-3-19(16-10-6-5-7-11-16)20-14-17-12-8-9-13-18(17)15-21-4-2/h5-13,19-20H,3-4,14-15H2,1-2H3. The van der Waals surface area contributed by atoms with E-state index >= 15 is 0 Å². The summed E-state index contributed by atoms with van der Waals surface area (Å²) in [6.07, 6.45) is 1.08. The van der Waals surface area contributed by atoms with Crippen LogP contribution in [0.3, 0.4) is 0 Å². The Bertz CT molecular complexity index is 524. The molecule has 0 fully saturated rings. The molecule has 2 nitrogen and oxygen atoms in total. The van der Waals surface area contributed by atoms with Crippen LogP contribution in [0.1, 0.15) is 43.0 Å². The number of hydrogen-bond acceptors (Lipinski definition) is 2. The van der Waals surface area contributed by atoms with Crippen molar-refractivity contribution in [3.05, 3.63) is 71.3 Å². The summed E-state index contributed by atoms with van der Waals surface area (Å²) >= 11 is 0. The molecule has 2 aromatic carbocycles. The van der Waals surface area contributed by atoms with Crippen LogP contribution in [0.25, 0.3) is 0 Å². The first-order valence-electron chi connectivity index (χ1n) is 7.78. The van der Waals surface area contributed by atoms with Crippen molar-refractivity contribution >= 4 is 0 Å². The number of nitrogens with one attached hydrogen (secondary N) is 1. The molecule has 112 valence electrons. The average molecular weight is 283 g/mol. The van der Waals surface area contributed by atoms with Crippen LogP contribution in [0.15, 0.2) is 54.6 Å². The minimum absolute atomic E-state index is 0.395. The van der Waals surface area contributed by atoms with Gasteiger partial charge in [-0.1, -0.05) is 61.5 Å². The van der Waals surface area contributed by atoms with Crippen LogP contribution in [0.4, 0.5) is 0 Å². The summed E-state index contributed by atoms with van der Waals surface area (Å²) in [5, 5.41) is 3.66. The van der Waals surface area contributed by atoms with Crippen LogP contribution in [-0.4, -0.2) is 6.61 Å². The van der Waals surface area contributed by atoms with E-state index < -0.39 is 0 Å². The zero-order valence-corrected chi connectivity index (χ0v) is 13.0. The van der Waals surface area contributed by atoms with Crippen LogP contribution in [0.2, 0.25) is 0 Å². The molecule has 0 aliphatic rings. The Labute approximate surface area is 128 Å². The van der Waals surface area contributed by atoms with Gasteiger partial charge >= 0.3 is 0 Å². The maximum absolute atomic E-state index is 5.55. The lowest BCUT2D eigenvalue weighted by molar-refractivity contribution is 0.133. The molecule has 1 unspecified atom stereocenters. The third-order valence-electron chi connectivity index (χ3n) is 3.73. The molecule has 0 bridgehead atoms. The van der Waals surface area contributed by atoms with Gasteiger partial charge in [0.1, 0.15) is 0 Å². The fourth-order valence-electron chi connectivity index (χ4n) is 2.50. The Morgan fingerprint density at radius 1 is 0.905 bits per heavy atom. The molecule has 2 aromatic rings. The molecular formula is C19H25NO. The van der Waals surface area contributed by atoms with Crippen molar-refractivity contribution in [1.82, 2.24) is 5.32 Å². The second kappa shape index (κ2) is 8.60. The van der Waals surface area contributed by atoms with Gasteiger partial charge in [-0.3, -0.25) is 0 Å². The molecule has 21 heavy (non-hydrogen) atoms. The third-order valence-corrected chi connectivity index (χ3v) is 3.73. The van der Waals surface area contributed by atoms with Crippen molar-refractivity contribution in [2.24, 2.45) is 0 Å². The summed E-state index contributed by atoms with van der Waals surface area (Å²) in [6, 6.07) is 19.5. The molecule has 0 saturated heterocycles. The van der Waals surface area contributed by atoms with Crippen LogP contribution < -0.4 is 5.32 Å². The highest BCUT2D eigenvalue weighted by Crippen LogP contribution is 2.18. The minimum atomic E-state index is 0.395. The minimum Gasteiger partial charge on any atom is -0.377 e. The molecule has 0 saturated carbocycles. The molecule has 0 radical (unpaired) electrons. The predicted molar refractivity (Wildman–Crippen MR) is 88.1 cm³/mol. The van der Waals surface area contributed by atoms with E-state index in [1.165, 1.54) is 16.7 Å². The molecule has 0 aromatic heterocycles. The lowest BCUT2D eigenvalue weighted by atomic mass is 10.0. The van der Waals surface area contributed by atoms with Gasteiger partial charge in [0.15, 0.2) is 0 Å². The van der Waals surface area contributed by atoms with Crippen molar-refractivity contribution in [2.45, 2.75) is 39.5 Å². The van der Waals surface area contributed by atoms with Crippen LogP contribution in [0.5, 0.6) is 0 Å². The third kappa shape index (κ3) is 4.69. The van der Waals surface area contributed by atoms with E-state index in [0.29, 0.717) is 12.6 Å². The largest absolute Gasteiger partial charge is 0.377 e. The van der Waals surface area contributed by atoms with Gasteiger partial charge in [-0.25, -0.2) is 0 Å². The summed E-state index contributed by atoms with van der Waals surface area (Å²) in [7, 11) is 0. The van der Waals surface area contributed by atoms with Crippen LogP contribution >= 0.6 is 0 Å². The fourth-order valence-corrected chi connectivity index (χ4v) is 2.50. The quantitative estimate of drug-likeness (QED) is 0.772. The molecule has 2 heteroatoms. The van der Waals surface area contributed by atoms with Crippen molar-refractivity contribution in [2.75, 3.05) is 6.61 Å². The Morgan fingerprint density at radius 3 is 2.24 bits per heavy atom. The Balaban J connectivity index is 2.01. The predicted octanol–water partition coefficient (Wildman–Crippen LogP) is 4.46. The molecular weight excluding hydrogens is 258 g/mol. The summed E-state index contributed by atoms with van der Waals surface area (Å²) in [5.41, 5.74) is 3.94.